The summed E-state index contributed by atoms with van der Waals surface area (Å²) in [4.78, 5) is 27.0. The number of anilines is 2. The van der Waals surface area contributed by atoms with E-state index in [2.05, 4.69) is 4.90 Å². The van der Waals surface area contributed by atoms with E-state index in [1.165, 1.54) is 4.90 Å². The van der Waals surface area contributed by atoms with E-state index >= 15 is 0 Å². The molecule has 0 atom stereocenters. The summed E-state index contributed by atoms with van der Waals surface area (Å²) >= 11 is 0. The lowest BCUT2D eigenvalue weighted by atomic mass is 9.93. The number of hydrogen-bond donors (Lipinski definition) is 1. The van der Waals surface area contributed by atoms with Crippen molar-refractivity contribution in [2.75, 3.05) is 29.9 Å². The first-order valence-electron chi connectivity index (χ1n) is 6.83. The molecule has 3 rings (SSSR count). The molecule has 1 fully saturated rings. The van der Waals surface area contributed by atoms with Crippen LogP contribution < -0.4 is 9.80 Å². The predicted molar refractivity (Wildman–Crippen MR) is 76.3 cm³/mol. The van der Waals surface area contributed by atoms with Crippen LogP contribution in [0.15, 0.2) is 18.2 Å². The van der Waals surface area contributed by atoms with Crippen LogP contribution in [0.3, 0.4) is 0 Å². The molecule has 2 heterocycles. The van der Waals surface area contributed by atoms with Gasteiger partial charge < -0.3 is 14.9 Å². The molecule has 0 saturated carbocycles. The Morgan fingerprint density at radius 3 is 2.50 bits per heavy atom. The standard InChI is InChI=1S/C15H18N2O3/c1-15(20)5-7-17(8-6-15)10-3-4-11-12(9-10)16(2)14(19)13(11)18/h3-4,9,20H,5-8H2,1-2H3. The van der Waals surface area contributed by atoms with Gasteiger partial charge in [0, 0.05) is 25.8 Å². The molecule has 1 amide bonds. The highest BCUT2D eigenvalue weighted by molar-refractivity contribution is 6.52. The fourth-order valence-electron chi connectivity index (χ4n) is 2.81. The molecule has 0 aromatic heterocycles. The number of benzene rings is 1. The Morgan fingerprint density at radius 1 is 1.20 bits per heavy atom. The first-order chi connectivity index (χ1) is 9.39. The fourth-order valence-corrected chi connectivity index (χ4v) is 2.81. The minimum absolute atomic E-state index is 0.435. The summed E-state index contributed by atoms with van der Waals surface area (Å²) in [6.45, 7) is 3.41. The van der Waals surface area contributed by atoms with Gasteiger partial charge in [-0.2, -0.15) is 0 Å². The molecule has 2 aliphatic heterocycles. The number of carbonyl (C=O) groups excluding carboxylic acids is 2. The lowest BCUT2D eigenvalue weighted by Gasteiger charge is -2.37. The molecule has 1 N–H and O–H groups in total. The lowest BCUT2D eigenvalue weighted by Crippen LogP contribution is -2.42. The highest BCUT2D eigenvalue weighted by Gasteiger charge is 2.34. The molecular formula is C15H18N2O3. The Bertz CT molecular complexity index is 585. The SMILES string of the molecule is CN1C(=O)C(=O)c2ccc(N3CCC(C)(O)CC3)cc21. The van der Waals surface area contributed by atoms with E-state index in [0.29, 0.717) is 11.3 Å². The number of hydrogen-bond acceptors (Lipinski definition) is 4. The second-order valence-electron chi connectivity index (χ2n) is 5.88. The number of ketones is 1. The summed E-state index contributed by atoms with van der Waals surface area (Å²) in [7, 11) is 1.62. The molecule has 1 aromatic rings. The van der Waals surface area contributed by atoms with E-state index < -0.39 is 17.3 Å². The molecule has 0 unspecified atom stereocenters. The number of nitrogens with zero attached hydrogens (tertiary/aromatic N) is 2. The van der Waals surface area contributed by atoms with Crippen molar-refractivity contribution in [1.29, 1.82) is 0 Å². The first-order valence-corrected chi connectivity index (χ1v) is 6.83. The number of piperidine rings is 1. The van der Waals surface area contributed by atoms with Crippen LogP contribution in [0.2, 0.25) is 0 Å². The fraction of sp³-hybridized carbons (Fsp3) is 0.467. The number of Topliss-reactive ketones (excluding diaryl/α,β-unsaturated/α-hetero) is 1. The van der Waals surface area contributed by atoms with E-state index in [1.807, 2.05) is 19.1 Å². The third-order valence-corrected chi connectivity index (χ3v) is 4.29. The quantitative estimate of drug-likeness (QED) is 0.782. The van der Waals surface area contributed by atoms with Crippen molar-refractivity contribution >= 4 is 23.1 Å². The van der Waals surface area contributed by atoms with E-state index in [4.69, 9.17) is 0 Å². The molecule has 0 radical (unpaired) electrons. The molecule has 1 saturated heterocycles. The zero-order valence-corrected chi connectivity index (χ0v) is 11.7. The largest absolute Gasteiger partial charge is 0.390 e. The van der Waals surface area contributed by atoms with Crippen LogP contribution in [0.5, 0.6) is 0 Å². The third kappa shape index (κ3) is 1.98. The van der Waals surface area contributed by atoms with Crippen LogP contribution in [0.1, 0.15) is 30.1 Å². The first kappa shape index (κ1) is 13.1. The second-order valence-corrected chi connectivity index (χ2v) is 5.88. The van der Waals surface area contributed by atoms with Crippen LogP contribution in [-0.2, 0) is 4.79 Å². The average Bonchev–Trinajstić information content (AvgIpc) is 2.64. The topological polar surface area (TPSA) is 60.9 Å². The van der Waals surface area contributed by atoms with Crippen molar-refractivity contribution < 1.29 is 14.7 Å². The number of rotatable bonds is 1. The second kappa shape index (κ2) is 4.31. The van der Waals surface area contributed by atoms with E-state index in [1.54, 1.807) is 13.1 Å². The van der Waals surface area contributed by atoms with Gasteiger partial charge >= 0.3 is 0 Å². The van der Waals surface area contributed by atoms with Gasteiger partial charge in [0.15, 0.2) is 0 Å². The van der Waals surface area contributed by atoms with E-state index in [0.717, 1.165) is 31.6 Å². The summed E-state index contributed by atoms with van der Waals surface area (Å²) in [5.41, 5.74) is 1.56. The Hall–Kier alpha value is -1.88. The van der Waals surface area contributed by atoms with Gasteiger partial charge in [-0.25, -0.2) is 0 Å². The smallest absolute Gasteiger partial charge is 0.299 e. The summed E-state index contributed by atoms with van der Waals surface area (Å²) in [6, 6.07) is 5.49. The van der Waals surface area contributed by atoms with Crippen LogP contribution in [0, 0.1) is 0 Å². The predicted octanol–water partition coefficient (Wildman–Crippen LogP) is 1.20. The zero-order valence-electron chi connectivity index (χ0n) is 11.7. The molecule has 0 aliphatic carbocycles. The molecule has 0 spiro atoms. The average molecular weight is 274 g/mol. The Labute approximate surface area is 117 Å². The lowest BCUT2D eigenvalue weighted by molar-refractivity contribution is -0.114. The summed E-state index contributed by atoms with van der Waals surface area (Å²) in [5.74, 6) is -0.908. The zero-order chi connectivity index (χ0) is 14.5. The van der Waals surface area contributed by atoms with E-state index in [9.17, 15) is 14.7 Å². The van der Waals surface area contributed by atoms with Crippen LogP contribution >= 0.6 is 0 Å². The molecule has 1 aromatic carbocycles. The number of carbonyl (C=O) groups is 2. The van der Waals surface area contributed by atoms with Crippen molar-refractivity contribution in [3.05, 3.63) is 23.8 Å². The van der Waals surface area contributed by atoms with Crippen LogP contribution in [-0.4, -0.2) is 42.5 Å². The van der Waals surface area contributed by atoms with Crippen molar-refractivity contribution in [2.24, 2.45) is 0 Å². The highest BCUT2D eigenvalue weighted by atomic mass is 16.3. The Morgan fingerprint density at radius 2 is 1.85 bits per heavy atom. The van der Waals surface area contributed by atoms with Crippen LogP contribution in [0.4, 0.5) is 11.4 Å². The van der Waals surface area contributed by atoms with Gasteiger partial charge in [0.1, 0.15) is 0 Å². The third-order valence-electron chi connectivity index (χ3n) is 4.29. The summed E-state index contributed by atoms with van der Waals surface area (Å²) in [5, 5.41) is 9.98. The van der Waals surface area contributed by atoms with Crippen molar-refractivity contribution in [1.82, 2.24) is 0 Å². The van der Waals surface area contributed by atoms with Gasteiger partial charge in [-0.1, -0.05) is 0 Å². The number of aliphatic hydroxyl groups is 1. The Balaban J connectivity index is 1.88. The van der Waals surface area contributed by atoms with Gasteiger partial charge in [0.25, 0.3) is 11.7 Å². The number of amides is 1. The molecule has 2 aliphatic rings. The normalized spacial score (nSPS) is 21.4. The van der Waals surface area contributed by atoms with Crippen molar-refractivity contribution in [3.8, 4) is 0 Å². The monoisotopic (exact) mass is 274 g/mol. The molecule has 106 valence electrons. The number of fused-ring (bicyclic) bond motifs is 1. The van der Waals surface area contributed by atoms with Gasteiger partial charge in [-0.05, 0) is 38.0 Å². The van der Waals surface area contributed by atoms with E-state index in [-0.39, 0.29) is 0 Å². The number of likely N-dealkylation sites (N-methyl/N-ethyl adjacent to an activating group) is 1. The molecule has 0 bridgehead atoms. The van der Waals surface area contributed by atoms with Gasteiger partial charge in [0.2, 0.25) is 0 Å². The maximum absolute atomic E-state index is 11.7. The Kier molecular flexibility index (Phi) is 2.83. The van der Waals surface area contributed by atoms with Crippen molar-refractivity contribution in [2.45, 2.75) is 25.4 Å². The molecule has 5 heteroatoms. The highest BCUT2D eigenvalue weighted by Crippen LogP contribution is 2.33. The summed E-state index contributed by atoms with van der Waals surface area (Å²) in [6.07, 6.45) is 1.44. The summed E-state index contributed by atoms with van der Waals surface area (Å²) < 4.78 is 0. The minimum Gasteiger partial charge on any atom is -0.390 e. The van der Waals surface area contributed by atoms with Crippen LogP contribution in [0.25, 0.3) is 0 Å². The maximum Gasteiger partial charge on any atom is 0.299 e. The molecule has 5 nitrogen and oxygen atoms in total. The molecular weight excluding hydrogens is 256 g/mol. The molecule has 20 heavy (non-hydrogen) atoms. The van der Waals surface area contributed by atoms with Crippen molar-refractivity contribution in [3.63, 3.8) is 0 Å². The van der Waals surface area contributed by atoms with Gasteiger partial charge in [-0.15, -0.1) is 0 Å². The minimum atomic E-state index is -0.587. The maximum atomic E-state index is 11.7. The van der Waals surface area contributed by atoms with Gasteiger partial charge in [0.05, 0.1) is 16.9 Å². The van der Waals surface area contributed by atoms with Gasteiger partial charge in [-0.3, -0.25) is 9.59 Å².